The van der Waals surface area contributed by atoms with E-state index in [0.29, 0.717) is 24.7 Å². The summed E-state index contributed by atoms with van der Waals surface area (Å²) in [6.45, 7) is 7.23. The smallest absolute Gasteiger partial charge is 0.328 e. The Kier molecular flexibility index (Phi) is 10.3. The number of amides is 4. The number of rotatable bonds is 9. The van der Waals surface area contributed by atoms with Crippen LogP contribution in [-0.2, 0) is 9.53 Å². The van der Waals surface area contributed by atoms with E-state index in [0.717, 1.165) is 95.0 Å². The van der Waals surface area contributed by atoms with Crippen molar-refractivity contribution in [2.75, 3.05) is 74.0 Å². The molecule has 6 aliphatic rings. The number of carbonyl (C=O) groups excluding carboxylic acids is 3. The van der Waals surface area contributed by atoms with Crippen molar-refractivity contribution in [3.63, 3.8) is 0 Å². The van der Waals surface area contributed by atoms with Crippen LogP contribution in [0.3, 0.4) is 0 Å². The van der Waals surface area contributed by atoms with E-state index in [1.54, 1.807) is 22.0 Å². The molecule has 0 radical (unpaired) electrons. The number of benzene rings is 1. The predicted molar refractivity (Wildman–Crippen MR) is 206 cm³/mol. The minimum atomic E-state index is -2.85. The SMILES string of the molecule is O=C1CCN(c2cccc(C#CCN3CCN(CC4CCC(n5cc(NC(=O)c6cnn7ccc(N8CC9CC(C8)O9)nc67)c(C(F)F)n5)CC4)CC3)c2)C(=O)N1. The number of morpholine rings is 1. The van der Waals surface area contributed by atoms with Gasteiger partial charge in [-0.2, -0.15) is 10.2 Å². The average molecular weight is 782 g/mol. The molecular formula is C40H45F2N11O4. The molecule has 2 unspecified atom stereocenters. The van der Waals surface area contributed by atoms with Gasteiger partial charge < -0.3 is 19.9 Å². The molecule has 2 bridgehead atoms. The molecule has 298 valence electrons. The number of fused-ring (bicyclic) bond motifs is 3. The van der Waals surface area contributed by atoms with Crippen LogP contribution >= 0.6 is 0 Å². The molecule has 0 spiro atoms. The number of ether oxygens (including phenoxy) is 1. The number of hydrogen-bond donors (Lipinski definition) is 2. The zero-order chi connectivity index (χ0) is 39.0. The molecule has 8 heterocycles. The molecule has 10 rings (SSSR count). The third-order valence-corrected chi connectivity index (χ3v) is 11.8. The highest BCUT2D eigenvalue weighted by Crippen LogP contribution is 2.36. The number of aromatic nitrogens is 5. The maximum Gasteiger partial charge on any atom is 0.328 e. The highest BCUT2D eigenvalue weighted by Gasteiger charge is 2.39. The van der Waals surface area contributed by atoms with Crippen LogP contribution in [0.2, 0.25) is 0 Å². The van der Waals surface area contributed by atoms with Crippen molar-refractivity contribution in [2.45, 2.75) is 63.2 Å². The molecular weight excluding hydrogens is 737 g/mol. The van der Waals surface area contributed by atoms with Crippen molar-refractivity contribution >= 4 is 40.7 Å². The minimum absolute atomic E-state index is 0.00204. The van der Waals surface area contributed by atoms with Crippen LogP contribution in [0.5, 0.6) is 0 Å². The van der Waals surface area contributed by atoms with Gasteiger partial charge in [0, 0.05) is 88.8 Å². The lowest BCUT2D eigenvalue weighted by molar-refractivity contribution is -0.133. The van der Waals surface area contributed by atoms with Crippen LogP contribution < -0.4 is 20.4 Å². The summed E-state index contributed by atoms with van der Waals surface area (Å²) < 4.78 is 37.3. The Bertz CT molecular complexity index is 2200. The number of piperidine rings is 1. The van der Waals surface area contributed by atoms with Gasteiger partial charge >= 0.3 is 6.03 Å². The number of imide groups is 1. The summed E-state index contributed by atoms with van der Waals surface area (Å²) in [5.74, 6) is 6.93. The molecule has 1 saturated carbocycles. The number of alkyl halides is 2. The summed E-state index contributed by atoms with van der Waals surface area (Å²) in [6, 6.07) is 8.93. The van der Waals surface area contributed by atoms with Gasteiger partial charge in [-0.1, -0.05) is 17.9 Å². The highest BCUT2D eigenvalue weighted by molar-refractivity contribution is 6.08. The number of carbonyl (C=O) groups is 3. The maximum absolute atomic E-state index is 14.2. The van der Waals surface area contributed by atoms with Gasteiger partial charge in [-0.3, -0.25) is 29.4 Å². The molecule has 3 aromatic heterocycles. The van der Waals surface area contributed by atoms with Crippen LogP contribution in [-0.4, -0.2) is 123 Å². The predicted octanol–water partition coefficient (Wildman–Crippen LogP) is 3.94. The normalized spacial score (nSPS) is 24.3. The Balaban J connectivity index is 0.749. The lowest BCUT2D eigenvalue weighted by Crippen LogP contribution is -2.57. The first-order valence-corrected chi connectivity index (χ1v) is 19.8. The van der Waals surface area contributed by atoms with E-state index in [-0.39, 0.29) is 41.8 Å². The summed E-state index contributed by atoms with van der Waals surface area (Å²) in [6.07, 6.45) is 7.16. The van der Waals surface area contributed by atoms with Crippen LogP contribution in [0, 0.1) is 17.8 Å². The average Bonchev–Trinajstić information content (AvgIpc) is 3.83. The molecule has 2 atom stereocenters. The van der Waals surface area contributed by atoms with Crippen LogP contribution in [0.4, 0.5) is 30.8 Å². The topological polar surface area (TPSA) is 145 Å². The summed E-state index contributed by atoms with van der Waals surface area (Å²) >= 11 is 0. The van der Waals surface area contributed by atoms with Gasteiger partial charge in [-0.25, -0.2) is 23.1 Å². The molecule has 15 nitrogen and oxygen atoms in total. The standard InChI is InChI=1S/C40H45F2N11O4/c41-37(42)36-33(44-39(55)32-21-43-52-14-10-34(45-38(32)52)50-23-30-20-31(24-50)57-30)25-53(47-36)28-8-6-27(7-9-28)22-49-17-15-48(16-18-49)12-2-4-26-3-1-5-29(19-26)51-13-11-35(54)46-40(51)56/h1,3,5,10,14,19,21,25,27-28,30-31,37H,6-9,11-13,15-18,20,22-24H2,(H,44,55)(H,46,54,56). The second kappa shape index (κ2) is 15.8. The number of nitrogens with zero attached hydrogens (tertiary/aromatic N) is 9. The first kappa shape index (κ1) is 37.2. The maximum atomic E-state index is 14.2. The molecule has 5 aliphatic heterocycles. The second-order valence-electron chi connectivity index (χ2n) is 15.7. The number of anilines is 3. The number of hydrogen-bond acceptors (Lipinski definition) is 10. The van der Waals surface area contributed by atoms with Crippen molar-refractivity contribution in [2.24, 2.45) is 5.92 Å². The lowest BCUT2D eigenvalue weighted by Gasteiger charge is -2.47. The molecule has 57 heavy (non-hydrogen) atoms. The number of urea groups is 1. The number of halogens is 2. The third-order valence-electron chi connectivity index (χ3n) is 11.8. The van der Waals surface area contributed by atoms with Crippen LogP contribution in [0.15, 0.2) is 48.9 Å². The number of nitrogens with one attached hydrogen (secondary N) is 2. The van der Waals surface area contributed by atoms with Gasteiger partial charge in [0.05, 0.1) is 36.7 Å². The highest BCUT2D eigenvalue weighted by atomic mass is 19.3. The third kappa shape index (κ3) is 8.07. The first-order valence-electron chi connectivity index (χ1n) is 19.8. The molecule has 2 N–H and O–H groups in total. The van der Waals surface area contributed by atoms with Crippen LogP contribution in [0.1, 0.15) is 72.6 Å². The summed E-state index contributed by atoms with van der Waals surface area (Å²) in [7, 11) is 0. The molecule has 6 fully saturated rings. The van der Waals surface area contributed by atoms with Crippen LogP contribution in [0.25, 0.3) is 5.65 Å². The Morgan fingerprint density at radius 2 is 1.79 bits per heavy atom. The Hall–Kier alpha value is -5.44. The summed E-state index contributed by atoms with van der Waals surface area (Å²) in [4.78, 5) is 50.5. The lowest BCUT2D eigenvalue weighted by atomic mass is 9.85. The van der Waals surface area contributed by atoms with Crippen molar-refractivity contribution in [3.8, 4) is 11.8 Å². The Morgan fingerprint density at radius 1 is 1.02 bits per heavy atom. The Labute approximate surface area is 328 Å². The van der Waals surface area contributed by atoms with E-state index in [4.69, 9.17) is 9.72 Å². The van der Waals surface area contributed by atoms with E-state index in [1.807, 2.05) is 30.3 Å². The van der Waals surface area contributed by atoms with E-state index in [2.05, 4.69) is 47.4 Å². The fraction of sp³-hybridized carbons (Fsp3) is 0.500. The van der Waals surface area contributed by atoms with Crippen molar-refractivity contribution in [3.05, 3.63) is 65.7 Å². The minimum Gasteiger partial charge on any atom is -0.371 e. The van der Waals surface area contributed by atoms with Gasteiger partial charge in [-0.15, -0.1) is 0 Å². The van der Waals surface area contributed by atoms with Crippen molar-refractivity contribution in [1.29, 1.82) is 0 Å². The largest absolute Gasteiger partial charge is 0.371 e. The fourth-order valence-electron chi connectivity index (χ4n) is 8.68. The van der Waals surface area contributed by atoms with E-state index < -0.39 is 24.1 Å². The quantitative estimate of drug-likeness (QED) is 0.240. The van der Waals surface area contributed by atoms with E-state index in [9.17, 15) is 23.2 Å². The molecule has 1 aromatic carbocycles. The second-order valence-corrected chi connectivity index (χ2v) is 15.7. The van der Waals surface area contributed by atoms with E-state index >= 15 is 0 Å². The Morgan fingerprint density at radius 3 is 2.54 bits per heavy atom. The summed E-state index contributed by atoms with van der Waals surface area (Å²) in [5, 5.41) is 13.6. The monoisotopic (exact) mass is 781 g/mol. The van der Waals surface area contributed by atoms with Crippen molar-refractivity contribution < 1.29 is 27.9 Å². The van der Waals surface area contributed by atoms with Gasteiger partial charge in [-0.05, 0) is 55.9 Å². The van der Waals surface area contributed by atoms with Gasteiger partial charge in [0.25, 0.3) is 12.3 Å². The fourth-order valence-corrected chi connectivity index (χ4v) is 8.68. The zero-order valence-corrected chi connectivity index (χ0v) is 31.5. The van der Waals surface area contributed by atoms with Gasteiger partial charge in [0.1, 0.15) is 11.4 Å². The summed E-state index contributed by atoms with van der Waals surface area (Å²) in [5.41, 5.74) is 1.66. The molecule has 4 aromatic rings. The van der Waals surface area contributed by atoms with Gasteiger partial charge in [0.15, 0.2) is 11.3 Å². The zero-order valence-electron chi connectivity index (χ0n) is 31.5. The van der Waals surface area contributed by atoms with Gasteiger partial charge in [0.2, 0.25) is 5.91 Å². The van der Waals surface area contributed by atoms with E-state index in [1.165, 1.54) is 10.7 Å². The molecule has 5 saturated heterocycles. The molecule has 1 aliphatic carbocycles. The number of piperazine rings is 1. The molecule has 17 heteroatoms. The molecule has 4 amide bonds. The van der Waals surface area contributed by atoms with Crippen molar-refractivity contribution in [1.82, 2.24) is 39.5 Å². The first-order chi connectivity index (χ1) is 27.7.